The lowest BCUT2D eigenvalue weighted by Gasteiger charge is -2.18. The van der Waals surface area contributed by atoms with Gasteiger partial charge in [-0.3, -0.25) is 0 Å². The van der Waals surface area contributed by atoms with Gasteiger partial charge in [0.1, 0.15) is 0 Å². The third kappa shape index (κ3) is 5.75. The van der Waals surface area contributed by atoms with Gasteiger partial charge in [0.2, 0.25) is 0 Å². The second-order valence-electron chi connectivity index (χ2n) is 5.58. The molecule has 19 heavy (non-hydrogen) atoms. The first kappa shape index (κ1) is 14.5. The molecule has 1 aliphatic carbocycles. The van der Waals surface area contributed by atoms with Gasteiger partial charge in [-0.15, -0.1) is 0 Å². The monoisotopic (exact) mass is 261 g/mol. The zero-order valence-corrected chi connectivity index (χ0v) is 12.1. The maximum Gasteiger partial charge on any atom is 0.0494 e. The van der Waals surface area contributed by atoms with Gasteiger partial charge in [-0.2, -0.15) is 0 Å². The molecule has 1 saturated carbocycles. The maximum absolute atomic E-state index is 5.67. The van der Waals surface area contributed by atoms with E-state index in [-0.39, 0.29) is 0 Å². The lowest BCUT2D eigenvalue weighted by Crippen LogP contribution is -2.23. The third-order valence-electron chi connectivity index (χ3n) is 3.69. The Morgan fingerprint density at radius 1 is 1.26 bits per heavy atom. The SMILES string of the molecule is CCCC(NCCCOCC1CC1)c1ccccc1. The summed E-state index contributed by atoms with van der Waals surface area (Å²) < 4.78 is 5.67. The highest BCUT2D eigenvalue weighted by atomic mass is 16.5. The summed E-state index contributed by atoms with van der Waals surface area (Å²) in [7, 11) is 0. The minimum atomic E-state index is 0.495. The van der Waals surface area contributed by atoms with Crippen molar-refractivity contribution in [2.24, 2.45) is 5.92 Å². The number of nitrogens with one attached hydrogen (secondary N) is 1. The van der Waals surface area contributed by atoms with Crippen LogP contribution >= 0.6 is 0 Å². The number of rotatable bonds is 10. The average molecular weight is 261 g/mol. The van der Waals surface area contributed by atoms with E-state index in [1.807, 2.05) is 0 Å². The largest absolute Gasteiger partial charge is 0.381 e. The lowest BCUT2D eigenvalue weighted by molar-refractivity contribution is 0.121. The van der Waals surface area contributed by atoms with Crippen LogP contribution in [0.3, 0.4) is 0 Å². The van der Waals surface area contributed by atoms with E-state index in [1.54, 1.807) is 0 Å². The zero-order chi connectivity index (χ0) is 13.3. The van der Waals surface area contributed by atoms with Crippen molar-refractivity contribution in [1.82, 2.24) is 5.32 Å². The standard InChI is InChI=1S/C17H27NO/c1-2-7-17(16-8-4-3-5-9-16)18-12-6-13-19-14-15-10-11-15/h3-5,8-9,15,17-18H,2,6-7,10-14H2,1H3. The van der Waals surface area contributed by atoms with E-state index in [9.17, 15) is 0 Å². The van der Waals surface area contributed by atoms with Gasteiger partial charge in [-0.1, -0.05) is 43.7 Å². The van der Waals surface area contributed by atoms with Gasteiger partial charge in [0.25, 0.3) is 0 Å². The Hall–Kier alpha value is -0.860. The molecule has 1 aliphatic rings. The molecule has 1 aromatic rings. The van der Waals surface area contributed by atoms with Gasteiger partial charge in [0.15, 0.2) is 0 Å². The Bertz CT molecular complexity index is 334. The Labute approximate surface area is 117 Å². The van der Waals surface area contributed by atoms with E-state index in [2.05, 4.69) is 42.6 Å². The molecule has 0 bridgehead atoms. The lowest BCUT2D eigenvalue weighted by atomic mass is 10.0. The van der Waals surface area contributed by atoms with Crippen molar-refractivity contribution in [1.29, 1.82) is 0 Å². The van der Waals surface area contributed by atoms with Crippen molar-refractivity contribution in [3.8, 4) is 0 Å². The molecule has 0 spiro atoms. The summed E-state index contributed by atoms with van der Waals surface area (Å²) in [5.41, 5.74) is 1.41. The molecule has 1 unspecified atom stereocenters. The second kappa shape index (κ2) is 8.34. The minimum Gasteiger partial charge on any atom is -0.381 e. The summed E-state index contributed by atoms with van der Waals surface area (Å²) in [6.45, 7) is 5.18. The van der Waals surface area contributed by atoms with Crippen molar-refractivity contribution in [3.63, 3.8) is 0 Å². The van der Waals surface area contributed by atoms with Gasteiger partial charge >= 0.3 is 0 Å². The summed E-state index contributed by atoms with van der Waals surface area (Å²) in [4.78, 5) is 0. The number of benzene rings is 1. The molecule has 2 rings (SSSR count). The Morgan fingerprint density at radius 2 is 2.05 bits per heavy atom. The summed E-state index contributed by atoms with van der Waals surface area (Å²) in [5, 5.41) is 3.66. The molecule has 0 heterocycles. The first-order valence-electron chi connectivity index (χ1n) is 7.76. The van der Waals surface area contributed by atoms with Crippen molar-refractivity contribution in [2.45, 2.75) is 45.1 Å². The van der Waals surface area contributed by atoms with E-state index in [1.165, 1.54) is 31.2 Å². The minimum absolute atomic E-state index is 0.495. The van der Waals surface area contributed by atoms with Gasteiger partial charge < -0.3 is 10.1 Å². The predicted octanol–water partition coefficient (Wildman–Crippen LogP) is 3.93. The molecular formula is C17H27NO. The van der Waals surface area contributed by atoms with Crippen LogP contribution in [0.2, 0.25) is 0 Å². The van der Waals surface area contributed by atoms with Crippen LogP contribution in [0.4, 0.5) is 0 Å². The summed E-state index contributed by atoms with van der Waals surface area (Å²) in [5.74, 6) is 0.880. The first-order valence-corrected chi connectivity index (χ1v) is 7.76. The molecule has 2 nitrogen and oxygen atoms in total. The summed E-state index contributed by atoms with van der Waals surface area (Å²) >= 11 is 0. The van der Waals surface area contributed by atoms with Gasteiger partial charge in [0.05, 0.1) is 0 Å². The highest BCUT2D eigenvalue weighted by Crippen LogP contribution is 2.28. The normalized spacial score (nSPS) is 16.5. The van der Waals surface area contributed by atoms with Crippen LogP contribution in [0, 0.1) is 5.92 Å². The molecular weight excluding hydrogens is 234 g/mol. The van der Waals surface area contributed by atoms with Crippen molar-refractivity contribution < 1.29 is 4.74 Å². The van der Waals surface area contributed by atoms with E-state index in [0.717, 1.165) is 32.1 Å². The zero-order valence-electron chi connectivity index (χ0n) is 12.1. The summed E-state index contributed by atoms with van der Waals surface area (Å²) in [6, 6.07) is 11.3. The number of hydrogen-bond donors (Lipinski definition) is 1. The van der Waals surface area contributed by atoms with E-state index in [0.29, 0.717) is 6.04 Å². The average Bonchev–Trinajstić information content (AvgIpc) is 3.26. The van der Waals surface area contributed by atoms with Crippen molar-refractivity contribution in [2.75, 3.05) is 19.8 Å². The van der Waals surface area contributed by atoms with E-state index >= 15 is 0 Å². The van der Waals surface area contributed by atoms with Gasteiger partial charge in [0, 0.05) is 19.3 Å². The Kier molecular flexibility index (Phi) is 6.38. The van der Waals surface area contributed by atoms with E-state index < -0.39 is 0 Å². The van der Waals surface area contributed by atoms with Gasteiger partial charge in [-0.05, 0) is 43.7 Å². The number of ether oxygens (including phenoxy) is 1. The first-order chi connectivity index (χ1) is 9.40. The van der Waals surface area contributed by atoms with Gasteiger partial charge in [-0.25, -0.2) is 0 Å². The van der Waals surface area contributed by atoms with Crippen LogP contribution in [0.5, 0.6) is 0 Å². The molecule has 106 valence electrons. The highest BCUT2D eigenvalue weighted by Gasteiger charge is 2.20. The van der Waals surface area contributed by atoms with Crippen LogP contribution in [0.1, 0.15) is 50.6 Å². The fourth-order valence-corrected chi connectivity index (χ4v) is 2.35. The van der Waals surface area contributed by atoms with E-state index in [4.69, 9.17) is 4.74 Å². The Morgan fingerprint density at radius 3 is 2.74 bits per heavy atom. The molecule has 1 N–H and O–H groups in total. The smallest absolute Gasteiger partial charge is 0.0494 e. The fraction of sp³-hybridized carbons (Fsp3) is 0.647. The third-order valence-corrected chi connectivity index (χ3v) is 3.69. The molecule has 0 aliphatic heterocycles. The second-order valence-corrected chi connectivity index (χ2v) is 5.58. The molecule has 1 atom stereocenters. The maximum atomic E-state index is 5.67. The molecule has 1 aromatic carbocycles. The van der Waals surface area contributed by atoms with Crippen LogP contribution in [-0.2, 0) is 4.74 Å². The molecule has 0 radical (unpaired) electrons. The van der Waals surface area contributed by atoms with Crippen molar-refractivity contribution in [3.05, 3.63) is 35.9 Å². The summed E-state index contributed by atoms with van der Waals surface area (Å²) in [6.07, 6.45) is 6.28. The molecule has 0 amide bonds. The molecule has 2 heteroatoms. The van der Waals surface area contributed by atoms with Crippen LogP contribution in [-0.4, -0.2) is 19.8 Å². The topological polar surface area (TPSA) is 21.3 Å². The quantitative estimate of drug-likeness (QED) is 0.644. The van der Waals surface area contributed by atoms with Crippen LogP contribution in [0.25, 0.3) is 0 Å². The molecule has 0 saturated heterocycles. The predicted molar refractivity (Wildman–Crippen MR) is 80.3 cm³/mol. The number of hydrogen-bond acceptors (Lipinski definition) is 2. The Balaban J connectivity index is 1.62. The van der Waals surface area contributed by atoms with Crippen molar-refractivity contribution >= 4 is 0 Å². The highest BCUT2D eigenvalue weighted by molar-refractivity contribution is 5.18. The van der Waals surface area contributed by atoms with Crippen LogP contribution < -0.4 is 5.32 Å². The molecule has 1 fully saturated rings. The van der Waals surface area contributed by atoms with Crippen LogP contribution in [0.15, 0.2) is 30.3 Å². The molecule has 0 aromatic heterocycles. The fourth-order valence-electron chi connectivity index (χ4n) is 2.35.